The summed E-state index contributed by atoms with van der Waals surface area (Å²) in [6, 6.07) is 0. The van der Waals surface area contributed by atoms with Gasteiger partial charge in [-0.3, -0.25) is 4.79 Å². The summed E-state index contributed by atoms with van der Waals surface area (Å²) < 4.78 is 1.89. The lowest BCUT2D eigenvalue weighted by molar-refractivity contribution is -0.138. The Bertz CT molecular complexity index is 294. The quantitative estimate of drug-likeness (QED) is 0.767. The highest BCUT2D eigenvalue weighted by molar-refractivity contribution is 5.74. The Morgan fingerprint density at radius 1 is 1.77 bits per heavy atom. The van der Waals surface area contributed by atoms with Crippen molar-refractivity contribution < 1.29 is 9.90 Å². The zero-order chi connectivity index (χ0) is 9.84. The van der Waals surface area contributed by atoms with Gasteiger partial charge in [-0.1, -0.05) is 6.92 Å². The van der Waals surface area contributed by atoms with Gasteiger partial charge in [0.2, 0.25) is 0 Å². The summed E-state index contributed by atoms with van der Waals surface area (Å²) in [6.45, 7) is 4.53. The third kappa shape index (κ3) is 2.08. The smallest absolute Gasteiger partial charge is 0.313 e. The van der Waals surface area contributed by atoms with Crippen LogP contribution in [-0.2, 0) is 11.3 Å². The fourth-order valence-electron chi connectivity index (χ4n) is 1.24. The number of hydrogen-bond acceptors (Lipinski definition) is 2. The number of aryl methyl sites for hydroxylation is 1. The molecule has 0 aliphatic rings. The monoisotopic (exact) mass is 182 g/mol. The van der Waals surface area contributed by atoms with Gasteiger partial charge in [0.05, 0.1) is 0 Å². The van der Waals surface area contributed by atoms with Gasteiger partial charge in [0.25, 0.3) is 0 Å². The molecule has 0 fully saturated rings. The van der Waals surface area contributed by atoms with Crippen LogP contribution in [0.15, 0.2) is 12.4 Å². The number of aromatic nitrogens is 2. The van der Waals surface area contributed by atoms with E-state index in [1.165, 1.54) is 0 Å². The molecule has 4 heteroatoms. The van der Waals surface area contributed by atoms with Crippen molar-refractivity contribution in [1.29, 1.82) is 0 Å². The highest BCUT2D eigenvalue weighted by atomic mass is 16.4. The van der Waals surface area contributed by atoms with Crippen molar-refractivity contribution in [1.82, 2.24) is 9.55 Å². The molecule has 0 aliphatic heterocycles. The van der Waals surface area contributed by atoms with Crippen LogP contribution in [0.5, 0.6) is 0 Å². The van der Waals surface area contributed by atoms with Crippen molar-refractivity contribution in [3.63, 3.8) is 0 Å². The van der Waals surface area contributed by atoms with Gasteiger partial charge in [-0.05, 0) is 13.3 Å². The summed E-state index contributed by atoms with van der Waals surface area (Å²) in [6.07, 6.45) is 4.44. The maximum absolute atomic E-state index is 10.7. The van der Waals surface area contributed by atoms with Gasteiger partial charge >= 0.3 is 5.97 Å². The minimum absolute atomic E-state index is 0.526. The van der Waals surface area contributed by atoms with E-state index in [9.17, 15) is 4.79 Å². The summed E-state index contributed by atoms with van der Waals surface area (Å²) >= 11 is 0. The number of imidazole rings is 1. The fraction of sp³-hybridized carbons (Fsp3) is 0.556. The maximum atomic E-state index is 10.7. The molecule has 0 bridgehead atoms. The predicted molar refractivity (Wildman–Crippen MR) is 48.6 cm³/mol. The molecule has 0 amide bonds. The van der Waals surface area contributed by atoms with Crippen LogP contribution in [0.3, 0.4) is 0 Å². The summed E-state index contributed by atoms with van der Waals surface area (Å²) in [5.74, 6) is -0.723. The fourth-order valence-corrected chi connectivity index (χ4v) is 1.24. The lowest BCUT2D eigenvalue weighted by atomic mass is 10.2. The van der Waals surface area contributed by atoms with Gasteiger partial charge in [-0.25, -0.2) is 4.98 Å². The molecule has 0 spiro atoms. The minimum Gasteiger partial charge on any atom is -0.481 e. The average molecular weight is 182 g/mol. The second-order valence-electron chi connectivity index (χ2n) is 3.04. The molecule has 0 aromatic carbocycles. The van der Waals surface area contributed by atoms with Gasteiger partial charge in [0.15, 0.2) is 0 Å². The largest absolute Gasteiger partial charge is 0.481 e. The number of carboxylic acids is 1. The molecule has 1 N–H and O–H groups in total. The van der Waals surface area contributed by atoms with Gasteiger partial charge < -0.3 is 9.67 Å². The standard InChI is InChI=1S/C9H14N2O2/c1-3-5-11-6-4-10-8(11)7(2)9(12)13/h4,6-7H,3,5H2,1-2H3,(H,12,13). The second kappa shape index (κ2) is 4.07. The van der Waals surface area contributed by atoms with E-state index in [0.29, 0.717) is 5.82 Å². The van der Waals surface area contributed by atoms with E-state index < -0.39 is 11.9 Å². The van der Waals surface area contributed by atoms with Gasteiger partial charge in [-0.2, -0.15) is 0 Å². The molecule has 1 aromatic heterocycles. The lowest BCUT2D eigenvalue weighted by Gasteiger charge is -2.08. The second-order valence-corrected chi connectivity index (χ2v) is 3.04. The highest BCUT2D eigenvalue weighted by Gasteiger charge is 2.18. The normalized spacial score (nSPS) is 12.8. The molecule has 0 aliphatic carbocycles. The lowest BCUT2D eigenvalue weighted by Crippen LogP contribution is -2.14. The number of rotatable bonds is 4. The van der Waals surface area contributed by atoms with E-state index in [1.807, 2.05) is 10.8 Å². The van der Waals surface area contributed by atoms with Crippen molar-refractivity contribution >= 4 is 5.97 Å². The van der Waals surface area contributed by atoms with Crippen LogP contribution in [0.4, 0.5) is 0 Å². The Balaban J connectivity index is 2.86. The van der Waals surface area contributed by atoms with Crippen LogP contribution in [0, 0.1) is 0 Å². The molecule has 1 rings (SSSR count). The molecule has 1 atom stereocenters. The molecular weight excluding hydrogens is 168 g/mol. The summed E-state index contributed by atoms with van der Waals surface area (Å²) in [7, 11) is 0. The van der Waals surface area contributed by atoms with E-state index in [0.717, 1.165) is 13.0 Å². The third-order valence-corrected chi connectivity index (χ3v) is 1.97. The zero-order valence-corrected chi connectivity index (χ0v) is 7.90. The van der Waals surface area contributed by atoms with Gasteiger partial charge in [-0.15, -0.1) is 0 Å². The van der Waals surface area contributed by atoms with Gasteiger partial charge in [0.1, 0.15) is 11.7 Å². The molecular formula is C9H14N2O2. The summed E-state index contributed by atoms with van der Waals surface area (Å²) in [4.78, 5) is 14.7. The highest BCUT2D eigenvalue weighted by Crippen LogP contribution is 2.13. The SMILES string of the molecule is CCCn1ccnc1C(C)C(=O)O. The molecule has 72 valence electrons. The van der Waals surface area contributed by atoms with Crippen molar-refractivity contribution in [3.05, 3.63) is 18.2 Å². The average Bonchev–Trinajstić information content (AvgIpc) is 2.52. The van der Waals surface area contributed by atoms with Crippen LogP contribution in [0.1, 0.15) is 32.0 Å². The van der Waals surface area contributed by atoms with E-state index in [4.69, 9.17) is 5.11 Å². The Kier molecular flexibility index (Phi) is 3.06. The minimum atomic E-state index is -0.830. The number of carbonyl (C=O) groups is 1. The first kappa shape index (κ1) is 9.77. The number of carboxylic acid groups (broad SMARTS) is 1. The molecule has 0 radical (unpaired) electrons. The van der Waals surface area contributed by atoms with Crippen LogP contribution < -0.4 is 0 Å². The van der Waals surface area contributed by atoms with Crippen molar-refractivity contribution in [2.75, 3.05) is 0 Å². The third-order valence-electron chi connectivity index (χ3n) is 1.97. The zero-order valence-electron chi connectivity index (χ0n) is 7.90. The molecule has 1 aromatic rings. The van der Waals surface area contributed by atoms with E-state index in [-0.39, 0.29) is 0 Å². The molecule has 13 heavy (non-hydrogen) atoms. The van der Waals surface area contributed by atoms with E-state index in [2.05, 4.69) is 11.9 Å². The van der Waals surface area contributed by atoms with E-state index in [1.54, 1.807) is 13.1 Å². The van der Waals surface area contributed by atoms with Crippen LogP contribution in [0.2, 0.25) is 0 Å². The molecule has 0 saturated heterocycles. The predicted octanol–water partition coefficient (Wildman–Crippen LogP) is 1.48. The number of aliphatic carboxylic acids is 1. The van der Waals surface area contributed by atoms with Crippen molar-refractivity contribution in [3.8, 4) is 0 Å². The van der Waals surface area contributed by atoms with Crippen LogP contribution in [0.25, 0.3) is 0 Å². The van der Waals surface area contributed by atoms with Gasteiger partial charge in [0, 0.05) is 18.9 Å². The summed E-state index contributed by atoms with van der Waals surface area (Å²) in [5.41, 5.74) is 0. The first-order valence-corrected chi connectivity index (χ1v) is 4.40. The number of hydrogen-bond donors (Lipinski definition) is 1. The Morgan fingerprint density at radius 3 is 3.00 bits per heavy atom. The number of nitrogens with zero attached hydrogens (tertiary/aromatic N) is 2. The first-order valence-electron chi connectivity index (χ1n) is 4.40. The molecule has 4 nitrogen and oxygen atoms in total. The Hall–Kier alpha value is -1.32. The Labute approximate surface area is 77.2 Å². The first-order chi connectivity index (χ1) is 6.16. The topological polar surface area (TPSA) is 55.1 Å². The van der Waals surface area contributed by atoms with Crippen molar-refractivity contribution in [2.24, 2.45) is 0 Å². The summed E-state index contributed by atoms with van der Waals surface area (Å²) in [5, 5.41) is 8.79. The Morgan fingerprint density at radius 2 is 2.46 bits per heavy atom. The van der Waals surface area contributed by atoms with E-state index >= 15 is 0 Å². The maximum Gasteiger partial charge on any atom is 0.313 e. The molecule has 1 heterocycles. The van der Waals surface area contributed by atoms with Crippen LogP contribution >= 0.6 is 0 Å². The molecule has 1 unspecified atom stereocenters. The molecule has 0 saturated carbocycles. The van der Waals surface area contributed by atoms with Crippen molar-refractivity contribution in [2.45, 2.75) is 32.7 Å². The van der Waals surface area contributed by atoms with Crippen LogP contribution in [-0.4, -0.2) is 20.6 Å².